The molecule has 0 amide bonds. The van der Waals surface area contributed by atoms with E-state index in [1.54, 1.807) is 12.1 Å². The average Bonchev–Trinajstić information content (AvgIpc) is 2.35. The van der Waals surface area contributed by atoms with Gasteiger partial charge in [0.15, 0.2) is 0 Å². The maximum Gasteiger partial charge on any atom is 0.335 e. The van der Waals surface area contributed by atoms with E-state index in [0.29, 0.717) is 5.92 Å². The number of aromatic carboxylic acids is 1. The largest absolute Gasteiger partial charge is 0.478 e. The number of carbonyl (C=O) groups is 1. The van der Waals surface area contributed by atoms with E-state index in [2.05, 4.69) is 4.72 Å². The molecule has 0 aliphatic heterocycles. The van der Waals surface area contributed by atoms with Gasteiger partial charge in [-0.1, -0.05) is 31.4 Å². The Bertz CT molecular complexity index is 561. The van der Waals surface area contributed by atoms with E-state index >= 15 is 0 Å². The Labute approximate surface area is 119 Å². The first-order chi connectivity index (χ1) is 9.46. The lowest BCUT2D eigenvalue weighted by Gasteiger charge is -2.24. The fourth-order valence-electron chi connectivity index (χ4n) is 2.13. The molecule has 0 aromatic heterocycles. The molecule has 0 saturated heterocycles. The van der Waals surface area contributed by atoms with Gasteiger partial charge < -0.3 is 5.11 Å². The number of sulfonamides is 1. The van der Waals surface area contributed by atoms with E-state index in [1.165, 1.54) is 18.6 Å². The summed E-state index contributed by atoms with van der Waals surface area (Å²) in [6.45, 7) is 0.201. The van der Waals surface area contributed by atoms with Crippen LogP contribution in [0.2, 0.25) is 0 Å². The second-order valence-electron chi connectivity index (χ2n) is 5.23. The molecule has 0 bridgehead atoms. The lowest BCUT2D eigenvalue weighted by Crippen LogP contribution is -2.28. The number of hydrogen-bond acceptors (Lipinski definition) is 3. The summed E-state index contributed by atoms with van der Waals surface area (Å²) in [6, 6.07) is 6.19. The van der Waals surface area contributed by atoms with Crippen molar-refractivity contribution in [2.75, 3.05) is 5.75 Å². The van der Waals surface area contributed by atoms with Gasteiger partial charge in [0, 0.05) is 6.54 Å². The van der Waals surface area contributed by atoms with Crippen LogP contribution in [-0.2, 0) is 16.6 Å². The Hall–Kier alpha value is -1.40. The molecule has 0 heterocycles. The summed E-state index contributed by atoms with van der Waals surface area (Å²) >= 11 is 0. The van der Waals surface area contributed by atoms with Crippen molar-refractivity contribution >= 4 is 16.0 Å². The van der Waals surface area contributed by atoms with Crippen molar-refractivity contribution in [1.82, 2.24) is 4.72 Å². The molecule has 5 nitrogen and oxygen atoms in total. The Kier molecular flexibility index (Phi) is 4.77. The summed E-state index contributed by atoms with van der Waals surface area (Å²) in [7, 11) is -3.24. The van der Waals surface area contributed by atoms with Gasteiger partial charge >= 0.3 is 5.97 Å². The highest BCUT2D eigenvalue weighted by Gasteiger charge is 2.20. The van der Waals surface area contributed by atoms with Crippen LogP contribution >= 0.6 is 0 Å². The molecule has 110 valence electrons. The molecule has 0 atom stereocenters. The molecular weight excluding hydrogens is 278 g/mol. The third kappa shape index (κ3) is 4.31. The van der Waals surface area contributed by atoms with Crippen LogP contribution in [0.25, 0.3) is 0 Å². The summed E-state index contributed by atoms with van der Waals surface area (Å²) in [4.78, 5) is 10.7. The second kappa shape index (κ2) is 6.37. The van der Waals surface area contributed by atoms with E-state index in [1.807, 2.05) is 0 Å². The molecule has 1 saturated carbocycles. The van der Waals surface area contributed by atoms with Gasteiger partial charge in [0.25, 0.3) is 0 Å². The van der Waals surface area contributed by atoms with Crippen molar-refractivity contribution in [3.63, 3.8) is 0 Å². The monoisotopic (exact) mass is 297 g/mol. The highest BCUT2D eigenvalue weighted by molar-refractivity contribution is 7.89. The number of carboxylic acids is 1. The molecule has 1 aromatic rings. The standard InChI is InChI=1S/C14H19NO4S/c16-14(17)13-6-4-12(5-7-13)10-15-20(18,19)9-8-11-2-1-3-11/h4-7,11,15H,1-3,8-10H2,(H,16,17). The maximum absolute atomic E-state index is 11.8. The van der Waals surface area contributed by atoms with Gasteiger partial charge in [-0.2, -0.15) is 0 Å². The number of hydrogen-bond donors (Lipinski definition) is 2. The molecule has 20 heavy (non-hydrogen) atoms. The number of rotatable bonds is 7. The fraction of sp³-hybridized carbons (Fsp3) is 0.500. The minimum Gasteiger partial charge on any atom is -0.478 e. The maximum atomic E-state index is 11.8. The van der Waals surface area contributed by atoms with E-state index in [4.69, 9.17) is 5.11 Å². The normalized spacial score (nSPS) is 15.8. The van der Waals surface area contributed by atoms with Crippen LogP contribution in [0.5, 0.6) is 0 Å². The van der Waals surface area contributed by atoms with Crippen LogP contribution in [0.1, 0.15) is 41.6 Å². The number of carboxylic acid groups (broad SMARTS) is 1. The van der Waals surface area contributed by atoms with Gasteiger partial charge in [-0.05, 0) is 30.0 Å². The average molecular weight is 297 g/mol. The molecular formula is C14H19NO4S. The topological polar surface area (TPSA) is 83.5 Å². The third-order valence-electron chi connectivity index (χ3n) is 3.72. The van der Waals surface area contributed by atoms with Crippen molar-refractivity contribution in [2.24, 2.45) is 5.92 Å². The molecule has 6 heteroatoms. The van der Waals surface area contributed by atoms with E-state index in [-0.39, 0.29) is 17.9 Å². The van der Waals surface area contributed by atoms with E-state index < -0.39 is 16.0 Å². The lowest BCUT2D eigenvalue weighted by atomic mass is 9.84. The van der Waals surface area contributed by atoms with Crippen LogP contribution in [0.4, 0.5) is 0 Å². The molecule has 2 N–H and O–H groups in total. The zero-order valence-corrected chi connectivity index (χ0v) is 12.0. The lowest BCUT2D eigenvalue weighted by molar-refractivity contribution is 0.0697. The van der Waals surface area contributed by atoms with Gasteiger partial charge in [-0.25, -0.2) is 17.9 Å². The van der Waals surface area contributed by atoms with Crippen molar-refractivity contribution in [2.45, 2.75) is 32.2 Å². The molecule has 1 aliphatic rings. The SMILES string of the molecule is O=C(O)c1ccc(CNS(=O)(=O)CCC2CCC2)cc1. The minimum atomic E-state index is -3.24. The first-order valence-electron chi connectivity index (χ1n) is 6.76. The summed E-state index contributed by atoms with van der Waals surface area (Å²) in [5.74, 6) is -0.246. The minimum absolute atomic E-state index is 0.172. The van der Waals surface area contributed by atoms with Crippen molar-refractivity contribution in [3.05, 3.63) is 35.4 Å². The molecule has 1 fully saturated rings. The van der Waals surface area contributed by atoms with Gasteiger partial charge in [-0.15, -0.1) is 0 Å². The molecule has 0 unspecified atom stereocenters. The smallest absolute Gasteiger partial charge is 0.335 e. The van der Waals surface area contributed by atoms with Crippen molar-refractivity contribution in [3.8, 4) is 0 Å². The zero-order valence-electron chi connectivity index (χ0n) is 11.2. The van der Waals surface area contributed by atoms with Gasteiger partial charge in [-0.3, -0.25) is 0 Å². The third-order valence-corrected chi connectivity index (χ3v) is 5.07. The van der Waals surface area contributed by atoms with Crippen LogP contribution in [0, 0.1) is 5.92 Å². The Balaban J connectivity index is 1.82. The predicted octanol–water partition coefficient (Wildman–Crippen LogP) is 1.99. The van der Waals surface area contributed by atoms with Gasteiger partial charge in [0.1, 0.15) is 0 Å². The first-order valence-corrected chi connectivity index (χ1v) is 8.41. The van der Waals surface area contributed by atoms with Crippen LogP contribution in [-0.4, -0.2) is 25.2 Å². The molecule has 2 rings (SSSR count). The van der Waals surface area contributed by atoms with Gasteiger partial charge in [0.05, 0.1) is 11.3 Å². The van der Waals surface area contributed by atoms with Crippen LogP contribution in [0.3, 0.4) is 0 Å². The predicted molar refractivity (Wildman–Crippen MR) is 76.0 cm³/mol. The second-order valence-corrected chi connectivity index (χ2v) is 7.15. The van der Waals surface area contributed by atoms with Crippen molar-refractivity contribution < 1.29 is 18.3 Å². The summed E-state index contributed by atoms with van der Waals surface area (Å²) < 4.78 is 26.2. The quantitative estimate of drug-likeness (QED) is 0.806. The van der Waals surface area contributed by atoms with Gasteiger partial charge in [0.2, 0.25) is 10.0 Å². The molecule has 0 spiro atoms. The molecule has 0 radical (unpaired) electrons. The number of nitrogens with one attached hydrogen (secondary N) is 1. The number of benzene rings is 1. The summed E-state index contributed by atoms with van der Waals surface area (Å²) in [5.41, 5.74) is 0.948. The summed E-state index contributed by atoms with van der Waals surface area (Å²) in [6.07, 6.45) is 4.24. The Morgan fingerprint density at radius 3 is 2.40 bits per heavy atom. The highest BCUT2D eigenvalue weighted by atomic mass is 32.2. The van der Waals surface area contributed by atoms with E-state index in [9.17, 15) is 13.2 Å². The Morgan fingerprint density at radius 2 is 1.90 bits per heavy atom. The highest BCUT2D eigenvalue weighted by Crippen LogP contribution is 2.29. The molecule has 1 aromatic carbocycles. The zero-order chi connectivity index (χ0) is 14.6. The van der Waals surface area contributed by atoms with E-state index in [0.717, 1.165) is 24.8 Å². The first kappa shape index (κ1) is 15.0. The molecule has 1 aliphatic carbocycles. The summed E-state index contributed by atoms with van der Waals surface area (Å²) in [5, 5.41) is 8.77. The van der Waals surface area contributed by atoms with Crippen molar-refractivity contribution in [1.29, 1.82) is 0 Å². The van der Waals surface area contributed by atoms with Crippen LogP contribution < -0.4 is 4.72 Å². The Morgan fingerprint density at radius 1 is 1.25 bits per heavy atom. The fourth-order valence-corrected chi connectivity index (χ4v) is 3.31. The van der Waals surface area contributed by atoms with Crippen LogP contribution in [0.15, 0.2) is 24.3 Å².